The van der Waals surface area contributed by atoms with E-state index in [1.54, 1.807) is 21.3 Å². The molecule has 0 unspecified atom stereocenters. The molecule has 116 valence electrons. The maximum absolute atomic E-state index is 5.63. The Morgan fingerprint density at radius 3 is 2.41 bits per heavy atom. The zero-order valence-electron chi connectivity index (χ0n) is 13.2. The maximum atomic E-state index is 5.63. The molecule has 1 aliphatic heterocycles. The second kappa shape index (κ2) is 6.28. The molecule has 0 amide bonds. The van der Waals surface area contributed by atoms with Crippen LogP contribution in [0.4, 0.5) is 0 Å². The van der Waals surface area contributed by atoms with Crippen LogP contribution in [0.2, 0.25) is 0 Å². The lowest BCUT2D eigenvalue weighted by Crippen LogP contribution is -2.24. The van der Waals surface area contributed by atoms with Crippen molar-refractivity contribution in [2.45, 2.75) is 13.0 Å². The summed E-state index contributed by atoms with van der Waals surface area (Å²) in [6, 6.07) is 10.4. The predicted molar refractivity (Wildman–Crippen MR) is 86.9 cm³/mol. The fraction of sp³-hybridized carbons (Fsp3) is 0.333. The van der Waals surface area contributed by atoms with Crippen LogP contribution < -0.4 is 19.5 Å². The standard InChI is InChI=1S/C18H21NO3/c1-20-16-8-7-15(17(21-2)18(16)22-3)14-6-4-5-12-11-19-10-9-13(12)14/h4-8,19H,9-11H2,1-3H3. The summed E-state index contributed by atoms with van der Waals surface area (Å²) in [6.45, 7) is 1.92. The molecule has 1 N–H and O–H groups in total. The Labute approximate surface area is 131 Å². The van der Waals surface area contributed by atoms with Crippen LogP contribution in [-0.2, 0) is 13.0 Å². The highest BCUT2D eigenvalue weighted by Gasteiger charge is 2.20. The lowest BCUT2D eigenvalue weighted by Gasteiger charge is -2.22. The van der Waals surface area contributed by atoms with E-state index in [1.807, 2.05) is 12.1 Å². The summed E-state index contributed by atoms with van der Waals surface area (Å²) in [5.74, 6) is 2.03. The molecule has 0 aliphatic carbocycles. The van der Waals surface area contributed by atoms with Crippen molar-refractivity contribution >= 4 is 0 Å². The van der Waals surface area contributed by atoms with Crippen LogP contribution in [0.25, 0.3) is 11.1 Å². The van der Waals surface area contributed by atoms with Gasteiger partial charge in [-0.05, 0) is 41.8 Å². The molecule has 2 aromatic rings. The molecule has 2 aromatic carbocycles. The third kappa shape index (κ3) is 2.40. The third-order valence-electron chi connectivity index (χ3n) is 4.13. The number of nitrogens with one attached hydrogen (secondary N) is 1. The van der Waals surface area contributed by atoms with Gasteiger partial charge < -0.3 is 19.5 Å². The molecular formula is C18H21NO3. The van der Waals surface area contributed by atoms with Gasteiger partial charge in [0.25, 0.3) is 0 Å². The second-order valence-electron chi connectivity index (χ2n) is 5.25. The van der Waals surface area contributed by atoms with Gasteiger partial charge in [0.15, 0.2) is 11.5 Å². The number of hydrogen-bond acceptors (Lipinski definition) is 4. The van der Waals surface area contributed by atoms with Gasteiger partial charge in [-0.2, -0.15) is 0 Å². The summed E-state index contributed by atoms with van der Waals surface area (Å²) in [4.78, 5) is 0. The van der Waals surface area contributed by atoms with Gasteiger partial charge >= 0.3 is 0 Å². The Hall–Kier alpha value is -2.20. The average Bonchev–Trinajstić information content (AvgIpc) is 2.59. The SMILES string of the molecule is COc1ccc(-c2cccc3c2CCNC3)c(OC)c1OC. The van der Waals surface area contributed by atoms with Gasteiger partial charge in [-0.1, -0.05) is 18.2 Å². The summed E-state index contributed by atoms with van der Waals surface area (Å²) in [5.41, 5.74) is 4.98. The maximum Gasteiger partial charge on any atom is 0.203 e. The minimum Gasteiger partial charge on any atom is -0.493 e. The largest absolute Gasteiger partial charge is 0.493 e. The zero-order chi connectivity index (χ0) is 15.5. The summed E-state index contributed by atoms with van der Waals surface area (Å²) in [7, 11) is 4.93. The van der Waals surface area contributed by atoms with E-state index in [2.05, 4.69) is 23.5 Å². The molecule has 3 rings (SSSR count). The first-order valence-corrected chi connectivity index (χ1v) is 7.41. The van der Waals surface area contributed by atoms with Crippen molar-refractivity contribution in [3.05, 3.63) is 41.5 Å². The Bertz CT molecular complexity index is 682. The fourth-order valence-corrected chi connectivity index (χ4v) is 3.10. The van der Waals surface area contributed by atoms with Crippen molar-refractivity contribution in [2.75, 3.05) is 27.9 Å². The molecule has 1 aliphatic rings. The van der Waals surface area contributed by atoms with Gasteiger partial charge in [0, 0.05) is 12.1 Å². The third-order valence-corrected chi connectivity index (χ3v) is 4.13. The van der Waals surface area contributed by atoms with Crippen LogP contribution in [0.5, 0.6) is 17.2 Å². The molecule has 4 heteroatoms. The van der Waals surface area contributed by atoms with Gasteiger partial charge in [-0.25, -0.2) is 0 Å². The number of hydrogen-bond donors (Lipinski definition) is 1. The van der Waals surface area contributed by atoms with Gasteiger partial charge in [-0.15, -0.1) is 0 Å². The highest BCUT2D eigenvalue weighted by atomic mass is 16.5. The van der Waals surface area contributed by atoms with Gasteiger partial charge in [0.05, 0.1) is 21.3 Å². The summed E-state index contributed by atoms with van der Waals surface area (Å²) < 4.78 is 16.5. The Kier molecular flexibility index (Phi) is 4.20. The summed E-state index contributed by atoms with van der Waals surface area (Å²) in [6.07, 6.45) is 1.02. The van der Waals surface area contributed by atoms with E-state index in [4.69, 9.17) is 14.2 Å². The summed E-state index contributed by atoms with van der Waals surface area (Å²) >= 11 is 0. The van der Waals surface area contributed by atoms with E-state index < -0.39 is 0 Å². The molecule has 0 atom stereocenters. The minimum atomic E-state index is 0.633. The first kappa shape index (κ1) is 14.7. The zero-order valence-corrected chi connectivity index (χ0v) is 13.2. The highest BCUT2D eigenvalue weighted by Crippen LogP contribution is 2.45. The second-order valence-corrected chi connectivity index (χ2v) is 5.25. The Balaban J connectivity index is 2.21. The molecule has 0 radical (unpaired) electrons. The number of ether oxygens (including phenoxy) is 3. The van der Waals surface area contributed by atoms with Crippen LogP contribution in [-0.4, -0.2) is 27.9 Å². The number of fused-ring (bicyclic) bond motifs is 1. The molecule has 1 heterocycles. The van der Waals surface area contributed by atoms with E-state index in [0.717, 1.165) is 25.1 Å². The lowest BCUT2D eigenvalue weighted by atomic mass is 9.91. The normalized spacial score (nSPS) is 13.4. The number of rotatable bonds is 4. The topological polar surface area (TPSA) is 39.7 Å². The van der Waals surface area contributed by atoms with Gasteiger partial charge in [0.1, 0.15) is 0 Å². The van der Waals surface area contributed by atoms with Crippen molar-refractivity contribution in [3.63, 3.8) is 0 Å². The molecular weight excluding hydrogens is 278 g/mol. The monoisotopic (exact) mass is 299 g/mol. The molecule has 0 spiro atoms. The molecule has 0 saturated carbocycles. The van der Waals surface area contributed by atoms with E-state index in [0.29, 0.717) is 17.2 Å². The molecule has 0 fully saturated rings. The van der Waals surface area contributed by atoms with Crippen molar-refractivity contribution in [3.8, 4) is 28.4 Å². The van der Waals surface area contributed by atoms with Gasteiger partial charge in [-0.3, -0.25) is 0 Å². The average molecular weight is 299 g/mol. The van der Waals surface area contributed by atoms with E-state index in [9.17, 15) is 0 Å². The molecule has 0 aromatic heterocycles. The van der Waals surface area contributed by atoms with Crippen LogP contribution in [0.15, 0.2) is 30.3 Å². The van der Waals surface area contributed by atoms with Crippen molar-refractivity contribution < 1.29 is 14.2 Å². The minimum absolute atomic E-state index is 0.633. The van der Waals surface area contributed by atoms with Crippen LogP contribution in [0.1, 0.15) is 11.1 Å². The fourth-order valence-electron chi connectivity index (χ4n) is 3.10. The number of benzene rings is 2. The Morgan fingerprint density at radius 2 is 1.68 bits per heavy atom. The van der Waals surface area contributed by atoms with Crippen LogP contribution in [0.3, 0.4) is 0 Å². The van der Waals surface area contributed by atoms with Crippen molar-refractivity contribution in [2.24, 2.45) is 0 Å². The number of methoxy groups -OCH3 is 3. The van der Waals surface area contributed by atoms with E-state index in [1.165, 1.54) is 16.7 Å². The molecule has 0 saturated heterocycles. The summed E-state index contributed by atoms with van der Waals surface area (Å²) in [5, 5.41) is 3.41. The van der Waals surface area contributed by atoms with Crippen molar-refractivity contribution in [1.82, 2.24) is 5.32 Å². The van der Waals surface area contributed by atoms with E-state index >= 15 is 0 Å². The molecule has 22 heavy (non-hydrogen) atoms. The smallest absolute Gasteiger partial charge is 0.203 e. The first-order chi connectivity index (χ1) is 10.8. The van der Waals surface area contributed by atoms with Crippen LogP contribution in [0, 0.1) is 0 Å². The first-order valence-electron chi connectivity index (χ1n) is 7.41. The predicted octanol–water partition coefficient (Wildman–Crippen LogP) is 3.03. The highest BCUT2D eigenvalue weighted by molar-refractivity contribution is 5.79. The Morgan fingerprint density at radius 1 is 0.864 bits per heavy atom. The van der Waals surface area contributed by atoms with Crippen molar-refractivity contribution in [1.29, 1.82) is 0 Å². The molecule has 0 bridgehead atoms. The van der Waals surface area contributed by atoms with E-state index in [-0.39, 0.29) is 0 Å². The molecule has 4 nitrogen and oxygen atoms in total. The van der Waals surface area contributed by atoms with Gasteiger partial charge in [0.2, 0.25) is 5.75 Å². The van der Waals surface area contributed by atoms with Crippen LogP contribution >= 0.6 is 0 Å². The quantitative estimate of drug-likeness (QED) is 0.942. The lowest BCUT2D eigenvalue weighted by molar-refractivity contribution is 0.325.